The van der Waals surface area contributed by atoms with E-state index in [-0.39, 0.29) is 5.95 Å². The second-order valence-electron chi connectivity index (χ2n) is 4.00. The molecule has 7 heteroatoms. The average molecular weight is 225 g/mol. The molecule has 0 amide bonds. The number of rotatable bonds is 4. The zero-order valence-corrected chi connectivity index (χ0v) is 9.00. The molecule has 16 heavy (non-hydrogen) atoms. The molecule has 2 heterocycles. The van der Waals surface area contributed by atoms with Crippen LogP contribution >= 0.6 is 0 Å². The lowest BCUT2D eigenvalue weighted by atomic mass is 10.0. The van der Waals surface area contributed by atoms with Crippen LogP contribution in [-0.2, 0) is 6.54 Å². The molecule has 0 saturated carbocycles. The molecule has 2 rings (SSSR count). The van der Waals surface area contributed by atoms with Gasteiger partial charge in [-0.3, -0.25) is 0 Å². The van der Waals surface area contributed by atoms with Crippen LogP contribution in [0.25, 0.3) is 0 Å². The summed E-state index contributed by atoms with van der Waals surface area (Å²) >= 11 is 0. The number of aromatic nitrogens is 3. The Morgan fingerprint density at radius 1 is 1.62 bits per heavy atom. The summed E-state index contributed by atoms with van der Waals surface area (Å²) in [6.07, 6.45) is 6.04. The zero-order chi connectivity index (χ0) is 11.4. The quantitative estimate of drug-likeness (QED) is 0.602. The predicted molar refractivity (Wildman–Crippen MR) is 56.9 cm³/mol. The summed E-state index contributed by atoms with van der Waals surface area (Å²) in [5.74, 6) is -0.323. The van der Waals surface area contributed by atoms with Gasteiger partial charge in [-0.2, -0.15) is 4.68 Å². The van der Waals surface area contributed by atoms with Crippen molar-refractivity contribution in [3.8, 4) is 0 Å². The highest BCUT2D eigenvalue weighted by molar-refractivity contribution is 4.96. The summed E-state index contributed by atoms with van der Waals surface area (Å²) in [5, 5.41) is 17.6. The van der Waals surface area contributed by atoms with Crippen molar-refractivity contribution in [3.63, 3.8) is 0 Å². The van der Waals surface area contributed by atoms with E-state index in [1.165, 1.54) is 30.3 Å². The minimum atomic E-state index is -0.574. The van der Waals surface area contributed by atoms with Crippen LogP contribution in [0.15, 0.2) is 6.33 Å². The first-order valence-electron chi connectivity index (χ1n) is 5.53. The van der Waals surface area contributed by atoms with Gasteiger partial charge in [0.2, 0.25) is 6.33 Å². The summed E-state index contributed by atoms with van der Waals surface area (Å²) in [6, 6.07) is 0.511. The molecule has 0 aromatic carbocycles. The number of nitrogens with one attached hydrogen (secondary N) is 1. The second kappa shape index (κ2) is 5.02. The Labute approximate surface area is 93.0 Å². The van der Waals surface area contributed by atoms with Gasteiger partial charge >= 0.3 is 5.95 Å². The predicted octanol–water partition coefficient (Wildman–Crippen LogP) is 0.718. The molecule has 0 bridgehead atoms. The highest BCUT2D eigenvalue weighted by Gasteiger charge is 2.16. The lowest BCUT2D eigenvalue weighted by molar-refractivity contribution is -0.394. The lowest BCUT2D eigenvalue weighted by Gasteiger charge is -2.22. The van der Waals surface area contributed by atoms with Crippen molar-refractivity contribution in [1.82, 2.24) is 20.1 Å². The minimum Gasteiger partial charge on any atom is -0.390 e. The molecular formula is C9H15N5O2. The summed E-state index contributed by atoms with van der Waals surface area (Å²) in [6.45, 7) is 1.75. The molecule has 1 aromatic heterocycles. The van der Waals surface area contributed by atoms with Gasteiger partial charge in [-0.25, -0.2) is 0 Å². The van der Waals surface area contributed by atoms with Crippen molar-refractivity contribution in [1.29, 1.82) is 0 Å². The van der Waals surface area contributed by atoms with Gasteiger partial charge in [0.1, 0.15) is 0 Å². The molecule has 7 nitrogen and oxygen atoms in total. The Morgan fingerprint density at radius 2 is 2.50 bits per heavy atom. The smallest absolute Gasteiger partial charge is 0.390 e. The van der Waals surface area contributed by atoms with Gasteiger partial charge in [0.15, 0.2) is 0 Å². The minimum absolute atomic E-state index is 0.323. The van der Waals surface area contributed by atoms with Crippen LogP contribution in [0.5, 0.6) is 0 Å². The largest absolute Gasteiger partial charge is 0.490 e. The van der Waals surface area contributed by atoms with Crippen LogP contribution in [0.1, 0.15) is 25.7 Å². The summed E-state index contributed by atoms with van der Waals surface area (Å²) in [4.78, 5) is 13.4. The van der Waals surface area contributed by atoms with E-state index in [2.05, 4.69) is 15.4 Å². The van der Waals surface area contributed by atoms with Crippen molar-refractivity contribution in [2.45, 2.75) is 38.3 Å². The Bertz CT molecular complexity index is 359. The molecular weight excluding hydrogens is 210 g/mol. The number of hydrogen-bond acceptors (Lipinski definition) is 5. The number of nitro groups is 1. The third-order valence-electron chi connectivity index (χ3n) is 2.81. The van der Waals surface area contributed by atoms with Gasteiger partial charge in [0, 0.05) is 11.1 Å². The van der Waals surface area contributed by atoms with Crippen molar-refractivity contribution >= 4 is 5.95 Å². The fourth-order valence-electron chi connectivity index (χ4n) is 1.93. The highest BCUT2D eigenvalue weighted by Crippen LogP contribution is 2.11. The lowest BCUT2D eigenvalue weighted by Crippen LogP contribution is -2.34. The van der Waals surface area contributed by atoms with E-state index < -0.39 is 4.92 Å². The molecule has 0 aliphatic carbocycles. The third kappa shape index (κ3) is 2.75. The van der Waals surface area contributed by atoms with Gasteiger partial charge < -0.3 is 15.4 Å². The monoisotopic (exact) mass is 225 g/mol. The van der Waals surface area contributed by atoms with Gasteiger partial charge in [-0.15, -0.1) is 0 Å². The Balaban J connectivity index is 1.81. The fourth-order valence-corrected chi connectivity index (χ4v) is 1.93. The van der Waals surface area contributed by atoms with E-state index in [1.54, 1.807) is 0 Å². The van der Waals surface area contributed by atoms with E-state index in [9.17, 15) is 10.1 Å². The third-order valence-corrected chi connectivity index (χ3v) is 2.81. The molecule has 1 aromatic rings. The number of aryl methyl sites for hydroxylation is 1. The van der Waals surface area contributed by atoms with Crippen LogP contribution in [0.2, 0.25) is 0 Å². The van der Waals surface area contributed by atoms with Crippen LogP contribution in [0, 0.1) is 10.1 Å². The van der Waals surface area contributed by atoms with Gasteiger partial charge in [0.25, 0.3) is 0 Å². The van der Waals surface area contributed by atoms with Crippen LogP contribution in [0.4, 0.5) is 5.95 Å². The molecule has 88 valence electrons. The molecule has 0 radical (unpaired) electrons. The van der Waals surface area contributed by atoms with Gasteiger partial charge in [0.05, 0.1) is 6.54 Å². The van der Waals surface area contributed by atoms with E-state index in [0.717, 1.165) is 13.0 Å². The zero-order valence-electron chi connectivity index (χ0n) is 9.00. The van der Waals surface area contributed by atoms with E-state index in [1.807, 2.05) is 0 Å². The van der Waals surface area contributed by atoms with Crippen LogP contribution in [0.3, 0.4) is 0 Å². The van der Waals surface area contributed by atoms with Crippen LogP contribution < -0.4 is 5.32 Å². The van der Waals surface area contributed by atoms with Crippen molar-refractivity contribution in [2.24, 2.45) is 0 Å². The van der Waals surface area contributed by atoms with E-state index in [0.29, 0.717) is 12.6 Å². The molecule has 1 N–H and O–H groups in total. The summed E-state index contributed by atoms with van der Waals surface area (Å²) in [5.41, 5.74) is 0. The molecule has 1 atom stereocenters. The fraction of sp³-hybridized carbons (Fsp3) is 0.778. The standard InChI is InChI=1S/C9H15N5O2/c15-14(16)9-11-7-13(12-9)6-4-8-3-1-2-5-10-8/h7-8,10H,1-6H2. The molecule has 1 unspecified atom stereocenters. The summed E-state index contributed by atoms with van der Waals surface area (Å²) < 4.78 is 1.54. The van der Waals surface area contributed by atoms with Crippen molar-refractivity contribution in [3.05, 3.63) is 16.4 Å². The SMILES string of the molecule is O=[N+]([O-])c1ncn(CCC2CCCCN2)n1. The highest BCUT2D eigenvalue weighted by atomic mass is 16.6. The van der Waals surface area contributed by atoms with E-state index >= 15 is 0 Å². The second-order valence-corrected chi connectivity index (χ2v) is 4.00. The average Bonchev–Trinajstić information content (AvgIpc) is 2.76. The topological polar surface area (TPSA) is 85.9 Å². The molecule has 1 fully saturated rings. The first-order valence-corrected chi connectivity index (χ1v) is 5.53. The number of nitrogens with zero attached hydrogens (tertiary/aromatic N) is 4. The molecule has 1 aliphatic heterocycles. The molecule has 1 saturated heterocycles. The summed E-state index contributed by atoms with van der Waals surface area (Å²) in [7, 11) is 0. The first-order chi connectivity index (χ1) is 7.75. The maximum atomic E-state index is 10.4. The number of piperidine rings is 1. The molecule has 0 spiro atoms. The Hall–Kier alpha value is -1.50. The van der Waals surface area contributed by atoms with Crippen LogP contribution in [-0.4, -0.2) is 32.3 Å². The van der Waals surface area contributed by atoms with E-state index in [4.69, 9.17) is 0 Å². The maximum absolute atomic E-state index is 10.4. The maximum Gasteiger partial charge on any atom is 0.490 e. The van der Waals surface area contributed by atoms with Gasteiger partial charge in [-0.05, 0) is 30.7 Å². The first kappa shape index (κ1) is 11.0. The van der Waals surface area contributed by atoms with Crippen molar-refractivity contribution < 1.29 is 4.92 Å². The Morgan fingerprint density at radius 3 is 3.12 bits per heavy atom. The normalized spacial score (nSPS) is 20.9. The van der Waals surface area contributed by atoms with Crippen molar-refractivity contribution in [2.75, 3.05) is 6.54 Å². The molecule has 1 aliphatic rings. The Kier molecular flexibility index (Phi) is 3.45. The van der Waals surface area contributed by atoms with Gasteiger partial charge in [-0.1, -0.05) is 11.4 Å². The number of hydrogen-bond donors (Lipinski definition) is 1.